The lowest BCUT2D eigenvalue weighted by Gasteiger charge is -2.15. The number of nitrogens with one attached hydrogen (secondary N) is 1. The van der Waals surface area contributed by atoms with Crippen molar-refractivity contribution in [2.75, 3.05) is 0 Å². The van der Waals surface area contributed by atoms with Gasteiger partial charge in [-0.15, -0.1) is 10.2 Å². The van der Waals surface area contributed by atoms with Crippen molar-refractivity contribution < 1.29 is 9.90 Å². The minimum atomic E-state index is -0.791. The van der Waals surface area contributed by atoms with Crippen molar-refractivity contribution in [3.8, 4) is 22.5 Å². The smallest absolute Gasteiger partial charge is 0.303 e. The van der Waals surface area contributed by atoms with Gasteiger partial charge in [-0.05, 0) is 34.7 Å². The van der Waals surface area contributed by atoms with E-state index >= 15 is 0 Å². The Hall–Kier alpha value is -3.88. The molecule has 0 aliphatic carbocycles. The monoisotopic (exact) mass is 417 g/mol. The van der Waals surface area contributed by atoms with Gasteiger partial charge in [-0.3, -0.25) is 4.79 Å². The van der Waals surface area contributed by atoms with Crippen LogP contribution in [0.5, 0.6) is 0 Å². The summed E-state index contributed by atoms with van der Waals surface area (Å²) in [7, 11) is 0. The highest BCUT2D eigenvalue weighted by Gasteiger charge is 2.18. The summed E-state index contributed by atoms with van der Waals surface area (Å²) in [5, 5.41) is 27.7. The lowest BCUT2D eigenvalue weighted by molar-refractivity contribution is -0.137. The zero-order valence-corrected chi connectivity index (χ0v) is 17.1. The molecule has 0 saturated carbocycles. The molecule has 0 aliphatic rings. The van der Waals surface area contributed by atoms with Gasteiger partial charge in [0.25, 0.3) is 0 Å². The van der Waals surface area contributed by atoms with Crippen LogP contribution in [0.15, 0.2) is 54.9 Å². The van der Waals surface area contributed by atoms with Gasteiger partial charge in [0.1, 0.15) is 12.2 Å². The Labute approximate surface area is 179 Å². The number of aliphatic carboxylic acids is 1. The average Bonchev–Trinajstić information content (AvgIpc) is 3.48. The van der Waals surface area contributed by atoms with Crippen LogP contribution in [-0.2, 0) is 11.3 Å². The average molecular weight is 417 g/mol. The quantitative estimate of drug-likeness (QED) is 0.427. The number of tetrazole rings is 1. The molecule has 0 spiro atoms. The van der Waals surface area contributed by atoms with Gasteiger partial charge < -0.3 is 5.11 Å². The maximum Gasteiger partial charge on any atom is 0.303 e. The summed E-state index contributed by atoms with van der Waals surface area (Å²) < 4.78 is 1.86. The highest BCUT2D eigenvalue weighted by Crippen LogP contribution is 2.30. The zero-order valence-electron chi connectivity index (χ0n) is 17.1. The molecular weight excluding hydrogens is 394 g/mol. The first-order valence-corrected chi connectivity index (χ1v) is 10.2. The molecule has 0 saturated heterocycles. The molecule has 9 heteroatoms. The van der Waals surface area contributed by atoms with Crippen LogP contribution < -0.4 is 0 Å². The van der Waals surface area contributed by atoms with Crippen molar-refractivity contribution in [2.45, 2.75) is 38.6 Å². The molecule has 31 heavy (non-hydrogen) atoms. The van der Waals surface area contributed by atoms with E-state index in [9.17, 15) is 4.79 Å². The van der Waals surface area contributed by atoms with Crippen LogP contribution in [0.2, 0.25) is 0 Å². The molecular formula is C22H23N7O2. The molecule has 0 bridgehead atoms. The zero-order chi connectivity index (χ0) is 21.6. The van der Waals surface area contributed by atoms with Gasteiger partial charge in [0.05, 0.1) is 6.54 Å². The van der Waals surface area contributed by atoms with E-state index < -0.39 is 5.97 Å². The van der Waals surface area contributed by atoms with E-state index in [2.05, 4.69) is 55.0 Å². The van der Waals surface area contributed by atoms with E-state index in [1.165, 1.54) is 6.33 Å². The van der Waals surface area contributed by atoms with Gasteiger partial charge in [-0.1, -0.05) is 55.5 Å². The molecule has 0 radical (unpaired) electrons. The molecule has 1 unspecified atom stereocenters. The summed E-state index contributed by atoms with van der Waals surface area (Å²) in [6, 6.07) is 16.2. The number of benzene rings is 2. The number of carboxylic acids is 1. The minimum absolute atomic E-state index is 0.0692. The Morgan fingerprint density at radius 3 is 2.58 bits per heavy atom. The summed E-state index contributed by atoms with van der Waals surface area (Å²) in [6.07, 6.45) is 3.03. The number of nitrogens with zero attached hydrogens (tertiary/aromatic N) is 6. The van der Waals surface area contributed by atoms with Crippen LogP contribution in [0.1, 0.15) is 43.5 Å². The Kier molecular flexibility index (Phi) is 6.11. The van der Waals surface area contributed by atoms with Gasteiger partial charge in [0, 0.05) is 17.9 Å². The lowest BCUT2D eigenvalue weighted by Crippen LogP contribution is -2.12. The van der Waals surface area contributed by atoms with Crippen LogP contribution in [0, 0.1) is 0 Å². The summed E-state index contributed by atoms with van der Waals surface area (Å²) in [6.45, 7) is 2.62. The molecule has 4 rings (SSSR count). The highest BCUT2D eigenvalue weighted by molar-refractivity contribution is 5.80. The molecule has 0 aliphatic heterocycles. The number of carbonyl (C=O) groups is 1. The fourth-order valence-electron chi connectivity index (χ4n) is 3.69. The summed E-state index contributed by atoms with van der Waals surface area (Å²) >= 11 is 0. The molecule has 0 amide bonds. The number of rotatable bonds is 9. The SMILES string of the molecule is CCC(CCC(=O)O)c1ncnn1Cc1ccc(-c2ccccc2-c2nn[nH]n2)cc1. The van der Waals surface area contributed by atoms with Crippen molar-refractivity contribution in [3.63, 3.8) is 0 Å². The third kappa shape index (κ3) is 4.66. The second-order valence-electron chi connectivity index (χ2n) is 7.29. The van der Waals surface area contributed by atoms with Crippen molar-refractivity contribution in [3.05, 3.63) is 66.2 Å². The molecule has 2 aromatic heterocycles. The van der Waals surface area contributed by atoms with Gasteiger partial charge in [0.15, 0.2) is 0 Å². The number of carboxylic acid groups (broad SMARTS) is 1. The normalized spacial score (nSPS) is 12.0. The van der Waals surface area contributed by atoms with Crippen molar-refractivity contribution >= 4 is 5.97 Å². The predicted molar refractivity (Wildman–Crippen MR) is 114 cm³/mol. The van der Waals surface area contributed by atoms with Crippen LogP contribution in [0.4, 0.5) is 0 Å². The van der Waals surface area contributed by atoms with Crippen molar-refractivity contribution in [1.82, 2.24) is 35.4 Å². The summed E-state index contributed by atoms with van der Waals surface area (Å²) in [5.41, 5.74) is 4.07. The highest BCUT2D eigenvalue weighted by atomic mass is 16.4. The fraction of sp³-hybridized carbons (Fsp3) is 0.273. The number of hydrogen-bond donors (Lipinski definition) is 2. The van der Waals surface area contributed by atoms with E-state index in [0.29, 0.717) is 18.8 Å². The number of aromatic nitrogens is 7. The first-order valence-electron chi connectivity index (χ1n) is 10.2. The minimum Gasteiger partial charge on any atom is -0.481 e. The number of hydrogen-bond acceptors (Lipinski definition) is 6. The largest absolute Gasteiger partial charge is 0.481 e. The van der Waals surface area contributed by atoms with Gasteiger partial charge in [0.2, 0.25) is 5.82 Å². The van der Waals surface area contributed by atoms with Crippen LogP contribution >= 0.6 is 0 Å². The van der Waals surface area contributed by atoms with Crippen LogP contribution in [0.25, 0.3) is 22.5 Å². The molecule has 4 aromatic rings. The van der Waals surface area contributed by atoms with E-state index in [4.69, 9.17) is 5.11 Å². The number of H-pyrrole nitrogens is 1. The lowest BCUT2D eigenvalue weighted by atomic mass is 9.98. The maximum atomic E-state index is 11.0. The standard InChI is InChI=1S/C22H23N7O2/c1-2-16(11-12-20(30)31)22-23-14-24-29(22)13-15-7-9-17(10-8-15)18-5-3-4-6-19(18)21-25-27-28-26-21/h3-10,14,16H,2,11-13H2,1H3,(H,30,31)(H,25,26,27,28). The fourth-order valence-corrected chi connectivity index (χ4v) is 3.69. The van der Waals surface area contributed by atoms with E-state index in [1.54, 1.807) is 0 Å². The van der Waals surface area contributed by atoms with Gasteiger partial charge >= 0.3 is 5.97 Å². The molecule has 0 fully saturated rings. The van der Waals surface area contributed by atoms with Crippen LogP contribution in [0.3, 0.4) is 0 Å². The Bertz CT molecular complexity index is 1140. The molecule has 1 atom stereocenters. The topological polar surface area (TPSA) is 122 Å². The Morgan fingerprint density at radius 2 is 1.90 bits per heavy atom. The molecule has 9 nitrogen and oxygen atoms in total. The Morgan fingerprint density at radius 1 is 1.13 bits per heavy atom. The summed E-state index contributed by atoms with van der Waals surface area (Å²) in [4.78, 5) is 15.4. The molecule has 2 aromatic carbocycles. The van der Waals surface area contributed by atoms with E-state index in [0.717, 1.165) is 34.5 Å². The predicted octanol–water partition coefficient (Wildman–Crippen LogP) is 3.53. The van der Waals surface area contributed by atoms with Crippen molar-refractivity contribution in [2.24, 2.45) is 0 Å². The maximum absolute atomic E-state index is 11.0. The third-order valence-electron chi connectivity index (χ3n) is 5.32. The van der Waals surface area contributed by atoms with Gasteiger partial charge in [-0.2, -0.15) is 10.3 Å². The van der Waals surface area contributed by atoms with E-state index in [-0.39, 0.29) is 12.3 Å². The molecule has 158 valence electrons. The first-order chi connectivity index (χ1) is 15.2. The second kappa shape index (κ2) is 9.29. The Balaban J connectivity index is 1.54. The van der Waals surface area contributed by atoms with Crippen molar-refractivity contribution in [1.29, 1.82) is 0 Å². The number of aromatic amines is 1. The molecule has 2 heterocycles. The summed E-state index contributed by atoms with van der Waals surface area (Å²) in [5.74, 6) is 0.662. The first kappa shape index (κ1) is 20.4. The van der Waals surface area contributed by atoms with Gasteiger partial charge in [-0.25, -0.2) is 9.67 Å². The molecule has 2 N–H and O–H groups in total. The second-order valence-corrected chi connectivity index (χ2v) is 7.29. The van der Waals surface area contributed by atoms with E-state index in [1.807, 2.05) is 35.9 Å². The van der Waals surface area contributed by atoms with Crippen LogP contribution in [-0.4, -0.2) is 46.5 Å². The third-order valence-corrected chi connectivity index (χ3v) is 5.32.